The molecule has 1 unspecified atom stereocenters. The summed E-state index contributed by atoms with van der Waals surface area (Å²) in [6, 6.07) is 0. The summed E-state index contributed by atoms with van der Waals surface area (Å²) in [6.07, 6.45) is 44.6. The molecule has 0 aliphatic rings. The first-order valence-electron chi connectivity index (χ1n) is 15.9. The zero-order valence-electron chi connectivity index (χ0n) is 25.6. The van der Waals surface area contributed by atoms with E-state index in [-0.39, 0.29) is 12.1 Å². The number of carboxylic acid groups (broad SMARTS) is 1. The normalized spacial score (nSPS) is 13.2. The minimum Gasteiger partial charge on any atom is -0.481 e. The Morgan fingerprint density at radius 3 is 1.43 bits per heavy atom. The Balaban J connectivity index is 3.57. The highest BCUT2D eigenvalue weighted by atomic mass is 16.5. The second-order valence-electron chi connectivity index (χ2n) is 10.4. The molecule has 0 aliphatic carbocycles. The van der Waals surface area contributed by atoms with Gasteiger partial charge in [-0.05, 0) is 71.1 Å². The number of carboxylic acids is 1. The number of esters is 1. The number of hydrogen-bond acceptors (Lipinski definition) is 3. The molecule has 0 spiro atoms. The van der Waals surface area contributed by atoms with E-state index in [1.165, 1.54) is 32.1 Å². The lowest BCUT2D eigenvalue weighted by atomic mass is 10.0. The van der Waals surface area contributed by atoms with Crippen molar-refractivity contribution in [2.24, 2.45) is 0 Å². The molecule has 0 heterocycles. The number of carbonyl (C=O) groups excluding carboxylic acids is 1. The van der Waals surface area contributed by atoms with Gasteiger partial charge in [0.25, 0.3) is 0 Å². The van der Waals surface area contributed by atoms with E-state index in [4.69, 9.17) is 9.84 Å². The van der Waals surface area contributed by atoms with Gasteiger partial charge in [-0.1, -0.05) is 125 Å². The second-order valence-corrected chi connectivity index (χ2v) is 10.4. The van der Waals surface area contributed by atoms with Crippen LogP contribution in [-0.2, 0) is 14.3 Å². The summed E-state index contributed by atoms with van der Waals surface area (Å²) in [4.78, 5) is 22.5. The van der Waals surface area contributed by atoms with Gasteiger partial charge in [-0.3, -0.25) is 9.59 Å². The molecule has 0 amide bonds. The van der Waals surface area contributed by atoms with Crippen molar-refractivity contribution >= 4 is 11.9 Å². The quantitative estimate of drug-likeness (QED) is 0.0623. The Morgan fingerprint density at radius 1 is 0.575 bits per heavy atom. The maximum absolute atomic E-state index is 12.0. The largest absolute Gasteiger partial charge is 0.481 e. The Morgan fingerprint density at radius 2 is 0.975 bits per heavy atom. The zero-order chi connectivity index (χ0) is 29.4. The summed E-state index contributed by atoms with van der Waals surface area (Å²) < 4.78 is 5.54. The molecule has 4 nitrogen and oxygen atoms in total. The molecule has 0 fully saturated rings. The summed E-state index contributed by atoms with van der Waals surface area (Å²) in [7, 11) is 0. The lowest BCUT2D eigenvalue weighted by Crippen LogP contribution is -2.14. The Bertz CT molecular complexity index is 770. The second kappa shape index (κ2) is 30.9. The third-order valence-corrected chi connectivity index (χ3v) is 6.45. The van der Waals surface area contributed by atoms with Gasteiger partial charge in [0.2, 0.25) is 0 Å². The molecule has 40 heavy (non-hydrogen) atoms. The van der Waals surface area contributed by atoms with Crippen LogP contribution in [0.5, 0.6) is 0 Å². The fourth-order valence-corrected chi connectivity index (χ4v) is 4.13. The molecular formula is C36H58O4. The Hall–Kier alpha value is -2.62. The van der Waals surface area contributed by atoms with Crippen molar-refractivity contribution in [1.29, 1.82) is 0 Å². The average molecular weight is 555 g/mol. The number of hydrogen-bond donors (Lipinski definition) is 1. The van der Waals surface area contributed by atoms with Crippen LogP contribution in [0.15, 0.2) is 72.9 Å². The smallest absolute Gasteiger partial charge is 0.306 e. The molecule has 0 saturated carbocycles. The van der Waals surface area contributed by atoms with Crippen LogP contribution >= 0.6 is 0 Å². The summed E-state index contributed by atoms with van der Waals surface area (Å²) in [5.41, 5.74) is 0. The van der Waals surface area contributed by atoms with E-state index >= 15 is 0 Å². The molecule has 4 heteroatoms. The third kappa shape index (κ3) is 31.6. The molecule has 1 N–H and O–H groups in total. The maximum atomic E-state index is 12.0. The lowest BCUT2D eigenvalue weighted by Gasteiger charge is -2.12. The zero-order valence-corrected chi connectivity index (χ0v) is 25.6. The van der Waals surface area contributed by atoms with Crippen molar-refractivity contribution in [2.75, 3.05) is 0 Å². The SMILES string of the molecule is CC/C=C\C/C=C\C/C=C\C/C=C\C/C=C\C/C=C\CCC(=O)OC(C)CCCCCCCCCCCC(=O)O. The van der Waals surface area contributed by atoms with Gasteiger partial charge in [-0.15, -0.1) is 0 Å². The first-order chi connectivity index (χ1) is 19.6. The Kier molecular flexibility index (Phi) is 28.9. The van der Waals surface area contributed by atoms with Gasteiger partial charge in [0.1, 0.15) is 0 Å². The Labute approximate surface area is 246 Å². The van der Waals surface area contributed by atoms with Crippen LogP contribution in [-0.4, -0.2) is 23.1 Å². The third-order valence-electron chi connectivity index (χ3n) is 6.45. The van der Waals surface area contributed by atoms with Crippen molar-refractivity contribution < 1.29 is 19.4 Å². The van der Waals surface area contributed by atoms with Gasteiger partial charge in [-0.25, -0.2) is 0 Å². The number of rotatable bonds is 27. The maximum Gasteiger partial charge on any atom is 0.306 e. The van der Waals surface area contributed by atoms with Crippen molar-refractivity contribution in [3.63, 3.8) is 0 Å². The number of allylic oxidation sites excluding steroid dienone is 12. The van der Waals surface area contributed by atoms with Crippen molar-refractivity contribution in [3.8, 4) is 0 Å². The van der Waals surface area contributed by atoms with Crippen LogP contribution in [0.2, 0.25) is 0 Å². The van der Waals surface area contributed by atoms with Crippen LogP contribution in [0.3, 0.4) is 0 Å². The van der Waals surface area contributed by atoms with E-state index in [0.717, 1.165) is 77.0 Å². The molecule has 226 valence electrons. The highest BCUT2D eigenvalue weighted by molar-refractivity contribution is 5.69. The molecule has 0 aromatic carbocycles. The molecular weight excluding hydrogens is 496 g/mol. The number of ether oxygens (including phenoxy) is 1. The van der Waals surface area contributed by atoms with Crippen LogP contribution < -0.4 is 0 Å². The molecule has 0 aromatic rings. The van der Waals surface area contributed by atoms with Gasteiger partial charge in [-0.2, -0.15) is 0 Å². The molecule has 0 aliphatic heterocycles. The fraction of sp³-hybridized carbons (Fsp3) is 0.611. The van der Waals surface area contributed by atoms with Gasteiger partial charge in [0.15, 0.2) is 0 Å². The van der Waals surface area contributed by atoms with Gasteiger partial charge in [0, 0.05) is 12.8 Å². The highest BCUT2D eigenvalue weighted by Gasteiger charge is 2.08. The van der Waals surface area contributed by atoms with Gasteiger partial charge in [0.05, 0.1) is 6.10 Å². The van der Waals surface area contributed by atoms with Crippen LogP contribution in [0.1, 0.15) is 136 Å². The van der Waals surface area contributed by atoms with E-state index in [2.05, 4.69) is 79.8 Å². The minimum absolute atomic E-state index is 0.00740. The summed E-state index contributed by atoms with van der Waals surface area (Å²) in [5, 5.41) is 8.63. The molecule has 0 bridgehead atoms. The standard InChI is InChI=1S/C36H58O4/c1-3-4-5-6-7-8-9-10-11-12-13-14-15-16-17-21-24-27-30-33-36(39)40-34(2)31-28-25-22-19-18-20-23-26-29-32-35(37)38/h4-5,7-8,10-11,13-14,16-17,24,27,34H,3,6,9,12,15,18-23,25-26,28-33H2,1-2H3,(H,37,38)/b5-4-,8-7-,11-10-,14-13-,17-16-,27-24-. The van der Waals surface area contributed by atoms with E-state index in [1.54, 1.807) is 0 Å². The van der Waals surface area contributed by atoms with Crippen molar-refractivity contribution in [1.82, 2.24) is 0 Å². The van der Waals surface area contributed by atoms with E-state index in [1.807, 2.05) is 6.92 Å². The molecule has 0 aromatic heterocycles. The van der Waals surface area contributed by atoms with E-state index in [9.17, 15) is 9.59 Å². The molecule has 0 rings (SSSR count). The molecule has 1 atom stereocenters. The minimum atomic E-state index is -0.690. The lowest BCUT2D eigenvalue weighted by molar-refractivity contribution is -0.148. The summed E-state index contributed by atoms with van der Waals surface area (Å²) in [5.74, 6) is -0.792. The predicted octanol–water partition coefficient (Wildman–Crippen LogP) is 10.8. The number of aliphatic carboxylic acids is 1. The van der Waals surface area contributed by atoms with Crippen LogP contribution in [0.25, 0.3) is 0 Å². The molecule has 0 saturated heterocycles. The van der Waals surface area contributed by atoms with E-state index < -0.39 is 5.97 Å². The van der Waals surface area contributed by atoms with Crippen LogP contribution in [0, 0.1) is 0 Å². The first-order valence-corrected chi connectivity index (χ1v) is 15.9. The average Bonchev–Trinajstić information content (AvgIpc) is 2.92. The monoisotopic (exact) mass is 554 g/mol. The number of carbonyl (C=O) groups is 2. The number of unbranched alkanes of at least 4 members (excludes halogenated alkanes) is 8. The van der Waals surface area contributed by atoms with Gasteiger partial charge < -0.3 is 9.84 Å². The summed E-state index contributed by atoms with van der Waals surface area (Å²) >= 11 is 0. The van der Waals surface area contributed by atoms with Crippen molar-refractivity contribution in [3.05, 3.63) is 72.9 Å². The van der Waals surface area contributed by atoms with Crippen LogP contribution in [0.4, 0.5) is 0 Å². The van der Waals surface area contributed by atoms with Gasteiger partial charge >= 0.3 is 11.9 Å². The highest BCUT2D eigenvalue weighted by Crippen LogP contribution is 2.13. The predicted molar refractivity (Wildman–Crippen MR) is 171 cm³/mol. The molecule has 0 radical (unpaired) electrons. The topological polar surface area (TPSA) is 63.6 Å². The summed E-state index contributed by atoms with van der Waals surface area (Å²) in [6.45, 7) is 4.15. The van der Waals surface area contributed by atoms with E-state index in [0.29, 0.717) is 12.8 Å². The first kappa shape index (κ1) is 37.4. The van der Waals surface area contributed by atoms with Crippen molar-refractivity contribution in [2.45, 2.75) is 142 Å². The fourth-order valence-electron chi connectivity index (χ4n) is 4.13.